The first kappa shape index (κ1) is 15.9. The highest BCUT2D eigenvalue weighted by Crippen LogP contribution is 2.22. The molecule has 0 aliphatic rings. The van der Waals surface area contributed by atoms with Gasteiger partial charge in [0.2, 0.25) is 0 Å². The SMILES string of the molecule is CCc1sc(C(=O)NCCc2n[nH]c(=S)n2CC)cc1C. The van der Waals surface area contributed by atoms with Gasteiger partial charge in [-0.15, -0.1) is 11.3 Å². The van der Waals surface area contributed by atoms with Gasteiger partial charge in [-0.05, 0) is 44.1 Å². The average Bonchev–Trinajstić information content (AvgIpc) is 3.01. The van der Waals surface area contributed by atoms with E-state index in [1.165, 1.54) is 10.4 Å². The van der Waals surface area contributed by atoms with E-state index in [1.807, 2.05) is 24.5 Å². The number of rotatable bonds is 6. The minimum atomic E-state index is -0.0139. The molecule has 0 aromatic carbocycles. The molecule has 1 amide bonds. The van der Waals surface area contributed by atoms with Gasteiger partial charge in [0.15, 0.2) is 4.77 Å². The predicted molar refractivity (Wildman–Crippen MR) is 87.6 cm³/mol. The monoisotopic (exact) mass is 324 g/mol. The molecule has 0 fully saturated rings. The van der Waals surface area contributed by atoms with E-state index < -0.39 is 0 Å². The molecule has 0 aliphatic carbocycles. The second-order valence-corrected chi connectivity index (χ2v) is 6.29. The second kappa shape index (κ2) is 7.00. The van der Waals surface area contributed by atoms with Gasteiger partial charge in [0, 0.05) is 24.4 Å². The Balaban J connectivity index is 1.93. The van der Waals surface area contributed by atoms with Gasteiger partial charge in [-0.25, -0.2) is 0 Å². The van der Waals surface area contributed by atoms with E-state index in [0.717, 1.165) is 23.7 Å². The van der Waals surface area contributed by atoms with Crippen LogP contribution in [0.3, 0.4) is 0 Å². The van der Waals surface area contributed by atoms with E-state index in [0.29, 0.717) is 17.7 Å². The summed E-state index contributed by atoms with van der Waals surface area (Å²) in [5, 5.41) is 9.91. The third-order valence-corrected chi connectivity index (χ3v) is 5.05. The number of nitrogens with one attached hydrogen (secondary N) is 2. The topological polar surface area (TPSA) is 62.7 Å². The molecule has 0 radical (unpaired) electrons. The molecule has 114 valence electrons. The number of carbonyl (C=O) groups is 1. The van der Waals surface area contributed by atoms with Gasteiger partial charge < -0.3 is 9.88 Å². The average molecular weight is 324 g/mol. The van der Waals surface area contributed by atoms with Crippen LogP contribution < -0.4 is 5.32 Å². The standard InChI is InChI=1S/C14H20N4OS2/c1-4-10-9(3)8-11(21-10)13(19)15-7-6-12-16-17-14(20)18(12)5-2/h8H,4-7H2,1-3H3,(H,15,19)(H,17,20). The number of aromatic nitrogens is 3. The fraction of sp³-hybridized carbons (Fsp3) is 0.500. The number of amides is 1. The van der Waals surface area contributed by atoms with E-state index >= 15 is 0 Å². The summed E-state index contributed by atoms with van der Waals surface area (Å²) in [5.41, 5.74) is 1.19. The maximum absolute atomic E-state index is 12.1. The van der Waals surface area contributed by atoms with Crippen molar-refractivity contribution in [3.63, 3.8) is 0 Å². The minimum Gasteiger partial charge on any atom is -0.351 e. The Morgan fingerprint density at radius 1 is 1.52 bits per heavy atom. The van der Waals surface area contributed by atoms with Gasteiger partial charge in [-0.3, -0.25) is 9.89 Å². The van der Waals surface area contributed by atoms with Crippen LogP contribution in [-0.2, 0) is 19.4 Å². The van der Waals surface area contributed by atoms with Gasteiger partial charge in [-0.1, -0.05) is 6.92 Å². The van der Waals surface area contributed by atoms with Crippen LogP contribution in [0.2, 0.25) is 0 Å². The Hall–Kier alpha value is -1.47. The molecule has 0 bridgehead atoms. The highest BCUT2D eigenvalue weighted by Gasteiger charge is 2.12. The zero-order valence-electron chi connectivity index (χ0n) is 12.5. The van der Waals surface area contributed by atoms with E-state index in [4.69, 9.17) is 12.2 Å². The Labute approximate surface area is 133 Å². The molecule has 0 saturated carbocycles. The molecule has 21 heavy (non-hydrogen) atoms. The van der Waals surface area contributed by atoms with Crippen molar-refractivity contribution in [3.8, 4) is 0 Å². The van der Waals surface area contributed by atoms with E-state index in [2.05, 4.69) is 22.4 Å². The van der Waals surface area contributed by atoms with Crippen molar-refractivity contribution in [2.24, 2.45) is 0 Å². The molecule has 0 spiro atoms. The largest absolute Gasteiger partial charge is 0.351 e. The van der Waals surface area contributed by atoms with Crippen molar-refractivity contribution in [3.05, 3.63) is 32.0 Å². The lowest BCUT2D eigenvalue weighted by atomic mass is 10.2. The molecule has 2 N–H and O–H groups in total. The zero-order chi connectivity index (χ0) is 15.4. The quantitative estimate of drug-likeness (QED) is 0.803. The number of aryl methyl sites for hydroxylation is 2. The summed E-state index contributed by atoms with van der Waals surface area (Å²) in [6.45, 7) is 7.51. The van der Waals surface area contributed by atoms with Gasteiger partial charge >= 0.3 is 0 Å². The van der Waals surface area contributed by atoms with Crippen LogP contribution in [-0.4, -0.2) is 27.2 Å². The molecule has 0 atom stereocenters. The molecule has 2 aromatic heterocycles. The first-order valence-electron chi connectivity index (χ1n) is 7.08. The molecule has 5 nitrogen and oxygen atoms in total. The Morgan fingerprint density at radius 3 is 2.90 bits per heavy atom. The van der Waals surface area contributed by atoms with Gasteiger partial charge in [-0.2, -0.15) is 5.10 Å². The first-order chi connectivity index (χ1) is 10.1. The van der Waals surface area contributed by atoms with E-state index in [-0.39, 0.29) is 5.91 Å². The summed E-state index contributed by atoms with van der Waals surface area (Å²) in [7, 11) is 0. The number of H-pyrrole nitrogens is 1. The van der Waals surface area contributed by atoms with Crippen LogP contribution in [0.4, 0.5) is 0 Å². The van der Waals surface area contributed by atoms with Crippen molar-refractivity contribution in [2.75, 3.05) is 6.54 Å². The summed E-state index contributed by atoms with van der Waals surface area (Å²) in [5.74, 6) is 0.861. The molecule has 2 rings (SSSR count). The predicted octanol–water partition coefficient (Wildman–Crippen LogP) is 2.87. The molecule has 0 saturated heterocycles. The highest BCUT2D eigenvalue weighted by atomic mass is 32.1. The highest BCUT2D eigenvalue weighted by molar-refractivity contribution is 7.71. The molecular weight excluding hydrogens is 304 g/mol. The zero-order valence-corrected chi connectivity index (χ0v) is 14.2. The van der Waals surface area contributed by atoms with Crippen LogP contribution in [0.5, 0.6) is 0 Å². The van der Waals surface area contributed by atoms with Crippen LogP contribution in [0.25, 0.3) is 0 Å². The maximum atomic E-state index is 12.1. The maximum Gasteiger partial charge on any atom is 0.261 e. The smallest absolute Gasteiger partial charge is 0.261 e. The fourth-order valence-corrected chi connectivity index (χ4v) is 3.54. The van der Waals surface area contributed by atoms with E-state index in [9.17, 15) is 4.79 Å². The van der Waals surface area contributed by atoms with Crippen molar-refractivity contribution >= 4 is 29.5 Å². The minimum absolute atomic E-state index is 0.0139. The summed E-state index contributed by atoms with van der Waals surface area (Å²) in [4.78, 5) is 14.2. The van der Waals surface area contributed by atoms with E-state index in [1.54, 1.807) is 11.3 Å². The van der Waals surface area contributed by atoms with Gasteiger partial charge in [0.05, 0.1) is 4.88 Å². The van der Waals surface area contributed by atoms with Crippen LogP contribution in [0.15, 0.2) is 6.07 Å². The molecule has 2 aromatic rings. The molecule has 0 aliphatic heterocycles. The van der Waals surface area contributed by atoms with Gasteiger partial charge in [0.1, 0.15) is 5.82 Å². The van der Waals surface area contributed by atoms with Crippen LogP contribution in [0.1, 0.15) is 39.8 Å². The fourth-order valence-electron chi connectivity index (χ4n) is 2.22. The van der Waals surface area contributed by atoms with Crippen molar-refractivity contribution in [1.82, 2.24) is 20.1 Å². The van der Waals surface area contributed by atoms with Crippen LogP contribution >= 0.6 is 23.6 Å². The number of nitrogens with zero attached hydrogens (tertiary/aromatic N) is 2. The third-order valence-electron chi connectivity index (χ3n) is 3.35. The third kappa shape index (κ3) is 3.59. The molecule has 0 unspecified atom stereocenters. The molecule has 2 heterocycles. The van der Waals surface area contributed by atoms with Crippen molar-refractivity contribution < 1.29 is 4.79 Å². The lowest BCUT2D eigenvalue weighted by molar-refractivity contribution is 0.0958. The normalized spacial score (nSPS) is 10.8. The summed E-state index contributed by atoms with van der Waals surface area (Å²) >= 11 is 6.71. The number of carbonyl (C=O) groups excluding carboxylic acids is 1. The summed E-state index contributed by atoms with van der Waals surface area (Å²) < 4.78 is 2.56. The summed E-state index contributed by atoms with van der Waals surface area (Å²) in [6, 6.07) is 1.96. The molecule has 7 heteroatoms. The number of hydrogen-bond acceptors (Lipinski definition) is 4. The number of aromatic amines is 1. The first-order valence-corrected chi connectivity index (χ1v) is 8.30. The van der Waals surface area contributed by atoms with Gasteiger partial charge in [0.25, 0.3) is 5.91 Å². The van der Waals surface area contributed by atoms with Crippen LogP contribution in [0, 0.1) is 11.7 Å². The number of thiophene rings is 1. The Morgan fingerprint density at radius 2 is 2.29 bits per heavy atom. The van der Waals surface area contributed by atoms with Crippen molar-refractivity contribution in [1.29, 1.82) is 0 Å². The van der Waals surface area contributed by atoms with Crippen molar-refractivity contribution in [2.45, 2.75) is 40.2 Å². The lowest BCUT2D eigenvalue weighted by Gasteiger charge is -2.04. The number of hydrogen-bond donors (Lipinski definition) is 2. The lowest BCUT2D eigenvalue weighted by Crippen LogP contribution is -2.25. The Bertz CT molecular complexity index is 683. The Kier molecular flexibility index (Phi) is 5.30. The summed E-state index contributed by atoms with van der Waals surface area (Å²) in [6.07, 6.45) is 1.63. The molecular formula is C14H20N4OS2. The second-order valence-electron chi connectivity index (χ2n) is 4.77.